The second kappa shape index (κ2) is 7.34. The lowest BCUT2D eigenvalue weighted by Crippen LogP contribution is -2.43. The average Bonchev–Trinajstić information content (AvgIpc) is 2.61. The molecular formula is C19H21N3O3. The lowest BCUT2D eigenvalue weighted by molar-refractivity contribution is -0.119. The van der Waals surface area contributed by atoms with Crippen molar-refractivity contribution < 1.29 is 9.59 Å². The van der Waals surface area contributed by atoms with Crippen molar-refractivity contribution in [1.82, 2.24) is 10.3 Å². The second-order valence-electron chi connectivity index (χ2n) is 6.21. The van der Waals surface area contributed by atoms with Gasteiger partial charge in [-0.15, -0.1) is 0 Å². The minimum Gasteiger partial charge on any atom is -0.350 e. The molecule has 1 aromatic carbocycles. The van der Waals surface area contributed by atoms with E-state index in [0.717, 1.165) is 18.5 Å². The Hall–Kier alpha value is -2.89. The maximum Gasteiger partial charge on any atom is 0.267 e. The highest BCUT2D eigenvalue weighted by molar-refractivity contribution is 5.96. The fraction of sp³-hybridized carbons (Fsp3) is 0.316. The zero-order valence-corrected chi connectivity index (χ0v) is 14.1. The van der Waals surface area contributed by atoms with E-state index in [1.807, 2.05) is 30.0 Å². The Kier molecular flexibility index (Phi) is 4.97. The van der Waals surface area contributed by atoms with Crippen LogP contribution in [0.5, 0.6) is 0 Å². The number of aromatic amines is 1. The smallest absolute Gasteiger partial charge is 0.267 e. The Morgan fingerprint density at radius 3 is 2.80 bits per heavy atom. The molecule has 6 heteroatoms. The number of carbonyl (C=O) groups is 2. The van der Waals surface area contributed by atoms with Crippen molar-refractivity contribution >= 4 is 17.5 Å². The highest BCUT2D eigenvalue weighted by atomic mass is 16.2. The van der Waals surface area contributed by atoms with Crippen LogP contribution < -0.4 is 15.8 Å². The lowest BCUT2D eigenvalue weighted by Gasteiger charge is -2.35. The highest BCUT2D eigenvalue weighted by Crippen LogP contribution is 2.30. The normalized spacial score (nSPS) is 16.2. The topological polar surface area (TPSA) is 82.3 Å². The van der Waals surface area contributed by atoms with E-state index in [1.165, 1.54) is 23.8 Å². The Bertz CT molecular complexity index is 844. The molecule has 130 valence electrons. The van der Waals surface area contributed by atoms with E-state index in [1.54, 1.807) is 0 Å². The first-order valence-corrected chi connectivity index (χ1v) is 8.44. The van der Waals surface area contributed by atoms with Crippen molar-refractivity contribution in [3.63, 3.8) is 0 Å². The third-order valence-electron chi connectivity index (χ3n) is 4.43. The van der Waals surface area contributed by atoms with Crippen LogP contribution in [0, 0.1) is 0 Å². The number of aryl methyl sites for hydroxylation is 1. The summed E-state index contributed by atoms with van der Waals surface area (Å²) in [5, 5.41) is 2.68. The van der Waals surface area contributed by atoms with Crippen LogP contribution in [0.4, 0.5) is 5.69 Å². The number of H-pyrrole nitrogens is 1. The molecule has 1 unspecified atom stereocenters. The Morgan fingerprint density at radius 1 is 1.20 bits per heavy atom. The quantitative estimate of drug-likeness (QED) is 0.892. The molecule has 1 aliphatic rings. The van der Waals surface area contributed by atoms with Gasteiger partial charge in [0.2, 0.25) is 11.5 Å². The number of carbonyl (C=O) groups excluding carboxylic acids is 2. The number of hydrogen-bond acceptors (Lipinski definition) is 3. The van der Waals surface area contributed by atoms with Crippen LogP contribution in [0.2, 0.25) is 0 Å². The van der Waals surface area contributed by atoms with Gasteiger partial charge in [0.15, 0.2) is 0 Å². The molecule has 2 amide bonds. The largest absolute Gasteiger partial charge is 0.350 e. The third-order valence-corrected chi connectivity index (χ3v) is 4.43. The molecule has 6 nitrogen and oxygen atoms in total. The number of benzene rings is 1. The van der Waals surface area contributed by atoms with Crippen molar-refractivity contribution in [3.05, 3.63) is 64.1 Å². The molecule has 2 N–H and O–H groups in total. The standard InChI is InChI=1S/C19H21N3O3/c1-13-9-10-14-5-2-3-7-16(14)22(13)18(24)11-12-20-19(25)15-6-4-8-17(23)21-15/h2-8,13H,9-12H2,1H3,(H,20,25)(H,21,23). The van der Waals surface area contributed by atoms with Crippen molar-refractivity contribution in [2.45, 2.75) is 32.2 Å². The van der Waals surface area contributed by atoms with Crippen LogP contribution in [0.15, 0.2) is 47.3 Å². The van der Waals surface area contributed by atoms with Crippen LogP contribution in [0.25, 0.3) is 0 Å². The molecule has 0 saturated heterocycles. The van der Waals surface area contributed by atoms with Gasteiger partial charge in [0.25, 0.3) is 5.91 Å². The molecule has 0 spiro atoms. The minimum absolute atomic E-state index is 0.0125. The highest BCUT2D eigenvalue weighted by Gasteiger charge is 2.27. The summed E-state index contributed by atoms with van der Waals surface area (Å²) in [5.74, 6) is -0.404. The molecular weight excluding hydrogens is 318 g/mol. The molecule has 2 aromatic rings. The van der Waals surface area contributed by atoms with E-state index < -0.39 is 5.91 Å². The average molecular weight is 339 g/mol. The molecule has 0 saturated carbocycles. The number of nitrogens with one attached hydrogen (secondary N) is 2. The summed E-state index contributed by atoms with van der Waals surface area (Å²) in [6.07, 6.45) is 2.11. The molecule has 1 aromatic heterocycles. The van der Waals surface area contributed by atoms with E-state index in [0.29, 0.717) is 0 Å². The van der Waals surface area contributed by atoms with Gasteiger partial charge in [-0.1, -0.05) is 24.3 Å². The van der Waals surface area contributed by atoms with Crippen LogP contribution in [-0.4, -0.2) is 29.4 Å². The van der Waals surface area contributed by atoms with Crippen LogP contribution >= 0.6 is 0 Å². The van der Waals surface area contributed by atoms with Gasteiger partial charge in [0.1, 0.15) is 5.69 Å². The fourth-order valence-electron chi connectivity index (χ4n) is 3.15. The first-order valence-electron chi connectivity index (χ1n) is 8.44. The Morgan fingerprint density at radius 2 is 2.00 bits per heavy atom. The monoisotopic (exact) mass is 339 g/mol. The van der Waals surface area contributed by atoms with Gasteiger partial charge in [-0.05, 0) is 37.5 Å². The molecule has 2 heterocycles. The van der Waals surface area contributed by atoms with E-state index in [9.17, 15) is 14.4 Å². The molecule has 0 fully saturated rings. The molecule has 1 atom stereocenters. The number of pyridine rings is 1. The SMILES string of the molecule is CC1CCc2ccccc2N1C(=O)CCNC(=O)c1cccc(=O)[nH]1. The van der Waals surface area contributed by atoms with E-state index in [4.69, 9.17) is 0 Å². The maximum atomic E-state index is 12.7. The zero-order valence-electron chi connectivity index (χ0n) is 14.1. The molecule has 1 aliphatic heterocycles. The molecule has 0 aliphatic carbocycles. The fourth-order valence-corrected chi connectivity index (χ4v) is 3.15. The molecule has 0 bridgehead atoms. The zero-order chi connectivity index (χ0) is 17.8. The predicted octanol–water partition coefficient (Wildman–Crippen LogP) is 1.86. The Balaban J connectivity index is 1.61. The summed E-state index contributed by atoms with van der Waals surface area (Å²) in [6.45, 7) is 2.26. The van der Waals surface area contributed by atoms with Crippen molar-refractivity contribution in [1.29, 1.82) is 0 Å². The molecule has 3 rings (SSSR count). The van der Waals surface area contributed by atoms with E-state index in [-0.39, 0.29) is 36.2 Å². The summed E-state index contributed by atoms with van der Waals surface area (Å²) in [7, 11) is 0. The van der Waals surface area contributed by atoms with Crippen molar-refractivity contribution in [2.75, 3.05) is 11.4 Å². The van der Waals surface area contributed by atoms with Gasteiger partial charge in [0, 0.05) is 30.8 Å². The summed E-state index contributed by atoms with van der Waals surface area (Å²) in [6, 6.07) is 12.5. The number of amides is 2. The summed E-state index contributed by atoms with van der Waals surface area (Å²) in [4.78, 5) is 40.2. The van der Waals surface area contributed by atoms with Crippen LogP contribution in [0.3, 0.4) is 0 Å². The third kappa shape index (κ3) is 3.79. The van der Waals surface area contributed by atoms with Gasteiger partial charge in [0.05, 0.1) is 0 Å². The number of rotatable bonds is 4. The number of anilines is 1. The van der Waals surface area contributed by atoms with Gasteiger partial charge in [-0.2, -0.15) is 0 Å². The number of hydrogen-bond donors (Lipinski definition) is 2. The maximum absolute atomic E-state index is 12.7. The first-order chi connectivity index (χ1) is 12.1. The lowest BCUT2D eigenvalue weighted by atomic mass is 9.96. The molecule has 25 heavy (non-hydrogen) atoms. The van der Waals surface area contributed by atoms with Gasteiger partial charge in [-0.25, -0.2) is 0 Å². The predicted molar refractivity (Wildman–Crippen MR) is 95.7 cm³/mol. The summed E-state index contributed by atoms with van der Waals surface area (Å²) in [5.41, 5.74) is 2.00. The number of aromatic nitrogens is 1. The number of para-hydroxylation sites is 1. The van der Waals surface area contributed by atoms with Crippen LogP contribution in [0.1, 0.15) is 35.8 Å². The van der Waals surface area contributed by atoms with Crippen molar-refractivity contribution in [2.24, 2.45) is 0 Å². The summed E-state index contributed by atoms with van der Waals surface area (Å²) >= 11 is 0. The molecule has 0 radical (unpaired) electrons. The van der Waals surface area contributed by atoms with Gasteiger partial charge in [-0.3, -0.25) is 14.4 Å². The minimum atomic E-state index is -0.391. The Labute approximate surface area is 145 Å². The van der Waals surface area contributed by atoms with Gasteiger partial charge < -0.3 is 15.2 Å². The number of fused-ring (bicyclic) bond motifs is 1. The summed E-state index contributed by atoms with van der Waals surface area (Å²) < 4.78 is 0. The first kappa shape index (κ1) is 17.0. The second-order valence-corrected chi connectivity index (χ2v) is 6.21. The van der Waals surface area contributed by atoms with Gasteiger partial charge >= 0.3 is 0 Å². The number of nitrogens with zero attached hydrogens (tertiary/aromatic N) is 1. The van der Waals surface area contributed by atoms with Crippen LogP contribution in [-0.2, 0) is 11.2 Å². The van der Waals surface area contributed by atoms with E-state index in [2.05, 4.69) is 16.4 Å². The van der Waals surface area contributed by atoms with Crippen molar-refractivity contribution in [3.8, 4) is 0 Å². The van der Waals surface area contributed by atoms with E-state index >= 15 is 0 Å².